The molecule has 0 spiro atoms. The maximum absolute atomic E-state index is 12.1. The lowest BCUT2D eigenvalue weighted by Crippen LogP contribution is -2.50. The van der Waals surface area contributed by atoms with Crippen molar-refractivity contribution in [1.82, 2.24) is 19.2 Å². The van der Waals surface area contributed by atoms with Crippen LogP contribution in [0.2, 0.25) is 0 Å². The Morgan fingerprint density at radius 2 is 1.84 bits per heavy atom. The molecular formula is C10H15N5O3S. The Labute approximate surface area is 111 Å². The third kappa shape index (κ3) is 3.18. The quantitative estimate of drug-likeness (QED) is 0.729. The van der Waals surface area contributed by atoms with E-state index in [1.165, 1.54) is 16.7 Å². The fourth-order valence-corrected chi connectivity index (χ4v) is 2.66. The van der Waals surface area contributed by atoms with Gasteiger partial charge in [-0.05, 0) is 0 Å². The van der Waals surface area contributed by atoms with Crippen molar-refractivity contribution in [2.24, 2.45) is 0 Å². The number of amides is 1. The topological polar surface area (TPSA) is 109 Å². The molecule has 0 radical (unpaired) electrons. The third-order valence-electron chi connectivity index (χ3n) is 2.89. The largest absolute Gasteiger partial charge is 0.382 e. The van der Waals surface area contributed by atoms with E-state index in [4.69, 9.17) is 5.73 Å². The lowest BCUT2D eigenvalue weighted by molar-refractivity contribution is 0.0692. The number of sulfonamides is 1. The smallest absolute Gasteiger partial charge is 0.274 e. The summed E-state index contributed by atoms with van der Waals surface area (Å²) in [6.45, 7) is 1.29. The SMILES string of the molecule is CS(=O)(=O)N1CCN(C(=O)c2cnc(N)cn2)CC1. The predicted molar refractivity (Wildman–Crippen MR) is 68.8 cm³/mol. The van der Waals surface area contributed by atoms with Gasteiger partial charge in [0.2, 0.25) is 10.0 Å². The van der Waals surface area contributed by atoms with Crippen LogP contribution in [0.1, 0.15) is 10.5 Å². The molecule has 2 heterocycles. The van der Waals surface area contributed by atoms with E-state index in [1.54, 1.807) is 4.90 Å². The first kappa shape index (κ1) is 13.7. The third-order valence-corrected chi connectivity index (χ3v) is 4.19. The molecule has 8 nitrogen and oxygen atoms in total. The van der Waals surface area contributed by atoms with Crippen molar-refractivity contribution in [2.45, 2.75) is 0 Å². The number of piperazine rings is 1. The lowest BCUT2D eigenvalue weighted by atomic mass is 10.3. The van der Waals surface area contributed by atoms with E-state index in [1.807, 2.05) is 0 Å². The highest BCUT2D eigenvalue weighted by atomic mass is 32.2. The molecule has 1 saturated heterocycles. The molecule has 104 valence electrons. The molecule has 1 aliphatic heterocycles. The van der Waals surface area contributed by atoms with Gasteiger partial charge in [0.15, 0.2) is 0 Å². The molecule has 0 atom stereocenters. The highest BCUT2D eigenvalue weighted by Gasteiger charge is 2.27. The van der Waals surface area contributed by atoms with Gasteiger partial charge in [-0.25, -0.2) is 18.4 Å². The molecule has 9 heteroatoms. The number of nitrogens with zero attached hydrogens (tertiary/aromatic N) is 4. The molecule has 1 aromatic rings. The molecule has 0 saturated carbocycles. The summed E-state index contributed by atoms with van der Waals surface area (Å²) in [6.07, 6.45) is 3.80. The van der Waals surface area contributed by atoms with E-state index in [2.05, 4.69) is 9.97 Å². The molecular weight excluding hydrogens is 270 g/mol. The molecule has 2 N–H and O–H groups in total. The number of nitrogens with two attached hydrogens (primary N) is 1. The molecule has 1 fully saturated rings. The van der Waals surface area contributed by atoms with Gasteiger partial charge in [-0.15, -0.1) is 0 Å². The number of hydrogen-bond acceptors (Lipinski definition) is 6. The number of anilines is 1. The normalized spacial score (nSPS) is 17.4. The molecule has 0 aliphatic carbocycles. The van der Waals surface area contributed by atoms with Gasteiger partial charge in [0.05, 0.1) is 18.6 Å². The summed E-state index contributed by atoms with van der Waals surface area (Å²) >= 11 is 0. The Bertz CT molecular complexity index is 563. The molecule has 0 unspecified atom stereocenters. The number of rotatable bonds is 2. The summed E-state index contributed by atoms with van der Waals surface area (Å²) in [6, 6.07) is 0. The number of aromatic nitrogens is 2. The molecule has 2 rings (SSSR count). The van der Waals surface area contributed by atoms with E-state index in [0.29, 0.717) is 26.2 Å². The molecule has 1 amide bonds. The van der Waals surface area contributed by atoms with Crippen LogP contribution >= 0.6 is 0 Å². The maximum atomic E-state index is 12.1. The number of hydrogen-bond donors (Lipinski definition) is 1. The van der Waals surface area contributed by atoms with Crippen LogP contribution in [0.25, 0.3) is 0 Å². The highest BCUT2D eigenvalue weighted by Crippen LogP contribution is 2.09. The zero-order valence-electron chi connectivity index (χ0n) is 10.5. The molecule has 0 aromatic carbocycles. The summed E-state index contributed by atoms with van der Waals surface area (Å²) in [5, 5.41) is 0. The van der Waals surface area contributed by atoms with Crippen molar-refractivity contribution in [3.8, 4) is 0 Å². The Hall–Kier alpha value is -1.74. The van der Waals surface area contributed by atoms with E-state index in [-0.39, 0.29) is 17.4 Å². The average molecular weight is 285 g/mol. The first-order chi connectivity index (χ1) is 8.88. The number of carbonyl (C=O) groups is 1. The van der Waals surface area contributed by atoms with E-state index >= 15 is 0 Å². The van der Waals surface area contributed by atoms with Gasteiger partial charge >= 0.3 is 0 Å². The summed E-state index contributed by atoms with van der Waals surface area (Å²) in [4.78, 5) is 21.4. The average Bonchev–Trinajstić information content (AvgIpc) is 2.38. The van der Waals surface area contributed by atoms with Gasteiger partial charge in [-0.1, -0.05) is 0 Å². The van der Waals surface area contributed by atoms with Crippen LogP contribution in [0.15, 0.2) is 12.4 Å². The Morgan fingerprint density at radius 1 is 1.21 bits per heavy atom. The molecule has 1 aromatic heterocycles. The first-order valence-corrected chi connectivity index (χ1v) is 7.54. The van der Waals surface area contributed by atoms with Crippen molar-refractivity contribution in [3.05, 3.63) is 18.1 Å². The first-order valence-electron chi connectivity index (χ1n) is 5.70. The fourth-order valence-electron chi connectivity index (χ4n) is 1.83. The van der Waals surface area contributed by atoms with Crippen LogP contribution in [-0.4, -0.2) is 65.9 Å². The zero-order valence-corrected chi connectivity index (χ0v) is 11.3. The number of nitrogen functional groups attached to an aromatic ring is 1. The fraction of sp³-hybridized carbons (Fsp3) is 0.500. The summed E-state index contributed by atoms with van der Waals surface area (Å²) in [5.41, 5.74) is 5.61. The van der Waals surface area contributed by atoms with E-state index in [0.717, 1.165) is 6.26 Å². The Balaban J connectivity index is 2.02. The van der Waals surface area contributed by atoms with Gasteiger partial charge in [-0.2, -0.15) is 4.31 Å². The van der Waals surface area contributed by atoms with Gasteiger partial charge < -0.3 is 10.6 Å². The maximum Gasteiger partial charge on any atom is 0.274 e. The molecule has 19 heavy (non-hydrogen) atoms. The monoisotopic (exact) mass is 285 g/mol. The van der Waals surface area contributed by atoms with Crippen molar-refractivity contribution in [2.75, 3.05) is 38.2 Å². The van der Waals surface area contributed by atoms with Crippen molar-refractivity contribution < 1.29 is 13.2 Å². The van der Waals surface area contributed by atoms with E-state index in [9.17, 15) is 13.2 Å². The minimum absolute atomic E-state index is 0.210. The molecule has 0 bridgehead atoms. The van der Waals surface area contributed by atoms with Crippen LogP contribution in [0, 0.1) is 0 Å². The zero-order chi connectivity index (χ0) is 14.0. The second-order valence-electron chi connectivity index (χ2n) is 4.28. The summed E-state index contributed by atoms with van der Waals surface area (Å²) in [5.74, 6) is -0.0147. The van der Waals surface area contributed by atoms with Gasteiger partial charge in [0.1, 0.15) is 11.5 Å². The standard InChI is InChI=1S/C10H15N5O3S/c1-19(17,18)15-4-2-14(3-5-15)10(16)8-6-13-9(11)7-12-8/h6-7H,2-5H2,1H3,(H2,11,13). The second-order valence-corrected chi connectivity index (χ2v) is 6.26. The minimum Gasteiger partial charge on any atom is -0.382 e. The lowest BCUT2D eigenvalue weighted by Gasteiger charge is -2.32. The second kappa shape index (κ2) is 5.10. The van der Waals surface area contributed by atoms with Gasteiger partial charge in [-0.3, -0.25) is 4.79 Å². The van der Waals surface area contributed by atoms with Crippen molar-refractivity contribution >= 4 is 21.7 Å². The van der Waals surface area contributed by atoms with Crippen molar-refractivity contribution in [3.63, 3.8) is 0 Å². The predicted octanol–water partition coefficient (Wildman–Crippen LogP) is -1.22. The van der Waals surface area contributed by atoms with Crippen LogP contribution in [0.4, 0.5) is 5.82 Å². The Morgan fingerprint density at radius 3 is 2.32 bits per heavy atom. The van der Waals surface area contributed by atoms with Gasteiger partial charge in [0.25, 0.3) is 5.91 Å². The van der Waals surface area contributed by atoms with Crippen LogP contribution in [0.3, 0.4) is 0 Å². The molecule has 1 aliphatic rings. The van der Waals surface area contributed by atoms with Crippen LogP contribution in [-0.2, 0) is 10.0 Å². The number of carbonyl (C=O) groups excluding carboxylic acids is 1. The summed E-state index contributed by atoms with van der Waals surface area (Å²) < 4.78 is 24.1. The minimum atomic E-state index is -3.19. The Kier molecular flexibility index (Phi) is 3.67. The van der Waals surface area contributed by atoms with E-state index < -0.39 is 10.0 Å². The van der Waals surface area contributed by atoms with Crippen molar-refractivity contribution in [1.29, 1.82) is 0 Å². The van der Waals surface area contributed by atoms with Crippen LogP contribution in [0.5, 0.6) is 0 Å². The van der Waals surface area contributed by atoms with Crippen LogP contribution < -0.4 is 5.73 Å². The highest BCUT2D eigenvalue weighted by molar-refractivity contribution is 7.88. The summed E-state index contributed by atoms with van der Waals surface area (Å²) in [7, 11) is -3.19. The van der Waals surface area contributed by atoms with Gasteiger partial charge in [0, 0.05) is 26.2 Å².